The third-order valence-electron chi connectivity index (χ3n) is 11.1. The number of nitrogen functional groups attached to an aromatic ring is 1. The fourth-order valence-electron chi connectivity index (χ4n) is 8.20. The average Bonchev–Trinajstić information content (AvgIpc) is 3.56. The molecule has 270 valence electrons. The molecule has 4 aromatic rings. The molecular formula is C38H47FN8O4. The van der Waals surface area contributed by atoms with Gasteiger partial charge in [0.15, 0.2) is 5.82 Å². The maximum atomic E-state index is 15.9. The Hall–Kier alpha value is -4.59. The van der Waals surface area contributed by atoms with Crippen molar-refractivity contribution in [3.63, 3.8) is 0 Å². The molecule has 4 heterocycles. The summed E-state index contributed by atoms with van der Waals surface area (Å²) in [6.07, 6.45) is 8.76. The number of aliphatic hydroxyl groups excluding tert-OH is 1. The number of nitrogens with one attached hydrogen (secondary N) is 1. The molecule has 5 N–H and O–H groups in total. The number of likely N-dealkylation sites (tertiary alicyclic amines) is 1. The molecule has 0 spiro atoms. The standard InChI is InChI=1S/C38H47FN8O4/c1-41-35(50)14-13-27(23-48)46-19-20-51-36-28(6-4-7-33(36)46)24-9-11-25(12-10-24)45-17-15-26(16-18-45)47-37(39)31(22-42-47)30-21-32(43-44-38(30)40)29-5-2-3-8-34(29)49/h2-8,21-27,35,41,49-50H,9-20H2,1H3,(H2,40,44). The lowest BCUT2D eigenvalue weighted by Gasteiger charge is -2.42. The normalized spacial score (nSPS) is 21.1. The molecule has 2 fully saturated rings. The molecule has 12 nitrogen and oxygen atoms in total. The number of carbonyl (C=O) groups excluding carboxylic acids is 1. The van der Waals surface area contributed by atoms with Crippen LogP contribution in [-0.2, 0) is 4.79 Å². The summed E-state index contributed by atoms with van der Waals surface area (Å²) in [4.78, 5) is 16.8. The second kappa shape index (κ2) is 15.3. The number of hydrogen-bond acceptors (Lipinski definition) is 11. The minimum atomic E-state index is -0.637. The van der Waals surface area contributed by atoms with E-state index < -0.39 is 12.2 Å². The molecule has 0 amide bonds. The van der Waals surface area contributed by atoms with E-state index in [4.69, 9.17) is 10.5 Å². The van der Waals surface area contributed by atoms with E-state index in [1.165, 1.54) is 16.4 Å². The monoisotopic (exact) mass is 698 g/mol. The first-order chi connectivity index (χ1) is 24.9. The molecule has 3 aliphatic rings. The summed E-state index contributed by atoms with van der Waals surface area (Å²) in [5.74, 6) is 0.991. The van der Waals surface area contributed by atoms with E-state index in [0.29, 0.717) is 54.8 Å². The number of hydrogen-bond donors (Lipinski definition) is 4. The fourth-order valence-corrected chi connectivity index (χ4v) is 8.20. The molecule has 2 aromatic carbocycles. The molecule has 51 heavy (non-hydrogen) atoms. The maximum Gasteiger partial charge on any atom is 0.219 e. The van der Waals surface area contributed by atoms with Crippen LogP contribution in [0.1, 0.15) is 68.9 Å². The number of aliphatic hydroxyl groups is 1. The van der Waals surface area contributed by atoms with Gasteiger partial charge in [0.25, 0.3) is 0 Å². The van der Waals surface area contributed by atoms with E-state index in [9.17, 15) is 15.0 Å². The third kappa shape index (κ3) is 7.15. The minimum absolute atomic E-state index is 0.0571. The van der Waals surface area contributed by atoms with Crippen LogP contribution >= 0.6 is 0 Å². The Bertz CT molecular complexity index is 1820. The van der Waals surface area contributed by atoms with Gasteiger partial charge in [-0.2, -0.15) is 9.49 Å². The van der Waals surface area contributed by atoms with Gasteiger partial charge in [0, 0.05) is 30.3 Å². The van der Waals surface area contributed by atoms with E-state index in [1.54, 1.807) is 37.4 Å². The number of carbonyl (C=O) groups is 1. The highest BCUT2D eigenvalue weighted by Gasteiger charge is 2.34. The highest BCUT2D eigenvalue weighted by Crippen LogP contribution is 2.45. The lowest BCUT2D eigenvalue weighted by atomic mass is 9.80. The number of piperidine rings is 1. The summed E-state index contributed by atoms with van der Waals surface area (Å²) < 4.78 is 23.7. The van der Waals surface area contributed by atoms with Gasteiger partial charge in [-0.3, -0.25) is 5.32 Å². The molecule has 1 aliphatic carbocycles. The Balaban J connectivity index is 0.968. The number of nitrogens with two attached hydrogens (primary N) is 1. The quantitative estimate of drug-likeness (QED) is 0.125. The molecule has 2 aliphatic heterocycles. The van der Waals surface area contributed by atoms with E-state index in [2.05, 4.69) is 42.5 Å². The smallest absolute Gasteiger partial charge is 0.219 e. The second-order valence-corrected chi connectivity index (χ2v) is 13.9. The van der Waals surface area contributed by atoms with Crippen LogP contribution in [0.15, 0.2) is 54.7 Å². The zero-order valence-corrected chi connectivity index (χ0v) is 29.0. The number of aldehydes is 1. The van der Waals surface area contributed by atoms with Crippen molar-refractivity contribution in [2.75, 3.05) is 43.9 Å². The Kier molecular flexibility index (Phi) is 10.5. The van der Waals surface area contributed by atoms with Crippen molar-refractivity contribution >= 4 is 17.8 Å². The van der Waals surface area contributed by atoms with Crippen molar-refractivity contribution in [3.05, 3.63) is 66.2 Å². The summed E-state index contributed by atoms with van der Waals surface area (Å²) in [6.45, 7) is 2.91. The first kappa shape index (κ1) is 34.8. The van der Waals surface area contributed by atoms with Crippen LogP contribution in [0.25, 0.3) is 22.4 Å². The lowest BCUT2D eigenvalue weighted by molar-refractivity contribution is -0.109. The van der Waals surface area contributed by atoms with Crippen LogP contribution in [0.3, 0.4) is 0 Å². The van der Waals surface area contributed by atoms with Crippen LogP contribution in [0.5, 0.6) is 11.5 Å². The molecule has 2 atom stereocenters. The maximum absolute atomic E-state index is 15.9. The number of halogens is 1. The number of anilines is 2. The van der Waals surface area contributed by atoms with Gasteiger partial charge in [-0.25, -0.2) is 4.68 Å². The van der Waals surface area contributed by atoms with Gasteiger partial charge in [0.05, 0.1) is 41.8 Å². The predicted octanol–water partition coefficient (Wildman–Crippen LogP) is 4.88. The fraction of sp³-hybridized carbons (Fsp3) is 0.474. The second-order valence-electron chi connectivity index (χ2n) is 13.9. The van der Waals surface area contributed by atoms with Crippen molar-refractivity contribution in [2.45, 2.75) is 81.6 Å². The average molecular weight is 699 g/mol. The van der Waals surface area contributed by atoms with Crippen molar-refractivity contribution in [1.29, 1.82) is 0 Å². The summed E-state index contributed by atoms with van der Waals surface area (Å²) in [6, 6.07) is 14.8. The van der Waals surface area contributed by atoms with Crippen LogP contribution in [0.2, 0.25) is 0 Å². The highest BCUT2D eigenvalue weighted by atomic mass is 19.1. The topological polar surface area (TPSA) is 155 Å². The molecule has 0 bridgehead atoms. The molecule has 13 heteroatoms. The number of aromatic nitrogens is 4. The Morgan fingerprint density at radius 1 is 0.980 bits per heavy atom. The van der Waals surface area contributed by atoms with Gasteiger partial charge in [-0.15, -0.1) is 10.2 Å². The Morgan fingerprint density at radius 3 is 2.51 bits per heavy atom. The SMILES string of the molecule is CNC(O)CCC(C=O)N1CCOc2c(C3CCC(N4CCC(n5ncc(-c6cc(-c7ccccc7O)nnc6N)c5F)CC4)CC3)cccc21. The van der Waals surface area contributed by atoms with E-state index >= 15 is 4.39 Å². The summed E-state index contributed by atoms with van der Waals surface area (Å²) >= 11 is 0. The van der Waals surface area contributed by atoms with Crippen molar-refractivity contribution in [2.24, 2.45) is 0 Å². The van der Waals surface area contributed by atoms with Crippen molar-refractivity contribution in [3.8, 4) is 33.9 Å². The third-order valence-corrected chi connectivity index (χ3v) is 11.1. The van der Waals surface area contributed by atoms with Gasteiger partial charge < -0.3 is 35.3 Å². The van der Waals surface area contributed by atoms with E-state index in [-0.39, 0.29) is 29.2 Å². The van der Waals surface area contributed by atoms with Crippen molar-refractivity contribution < 1.29 is 24.1 Å². The number of benzene rings is 2. The Labute approximate surface area is 297 Å². The zero-order chi connectivity index (χ0) is 35.5. The van der Waals surface area contributed by atoms with Gasteiger partial charge >= 0.3 is 0 Å². The van der Waals surface area contributed by atoms with Crippen molar-refractivity contribution in [1.82, 2.24) is 30.2 Å². The number of phenols is 1. The molecule has 2 unspecified atom stereocenters. The van der Waals surface area contributed by atoms with Gasteiger partial charge in [-0.1, -0.05) is 24.3 Å². The van der Waals surface area contributed by atoms with E-state index in [1.807, 2.05) is 6.07 Å². The summed E-state index contributed by atoms with van der Waals surface area (Å²) in [7, 11) is 1.71. The summed E-state index contributed by atoms with van der Waals surface area (Å²) in [5.41, 5.74) is 9.88. The van der Waals surface area contributed by atoms with Crippen LogP contribution in [0, 0.1) is 5.95 Å². The molecule has 0 radical (unpaired) electrons. The molecule has 2 aromatic heterocycles. The largest absolute Gasteiger partial charge is 0.507 e. The molecule has 1 saturated heterocycles. The predicted molar refractivity (Wildman–Crippen MR) is 193 cm³/mol. The highest BCUT2D eigenvalue weighted by molar-refractivity contribution is 5.78. The number of ether oxygens (including phenoxy) is 1. The van der Waals surface area contributed by atoms with Gasteiger partial charge in [-0.05, 0) is 94.2 Å². The number of rotatable bonds is 11. The lowest BCUT2D eigenvalue weighted by Crippen LogP contribution is -2.44. The molecular weight excluding hydrogens is 651 g/mol. The number of para-hydroxylation sites is 2. The van der Waals surface area contributed by atoms with Crippen LogP contribution < -0.4 is 20.7 Å². The van der Waals surface area contributed by atoms with Gasteiger partial charge in [0.2, 0.25) is 5.95 Å². The molecule has 7 rings (SSSR count). The number of aromatic hydroxyl groups is 1. The summed E-state index contributed by atoms with van der Waals surface area (Å²) in [5, 5.41) is 35.7. The number of fused-ring (bicyclic) bond motifs is 1. The Morgan fingerprint density at radius 2 is 1.76 bits per heavy atom. The van der Waals surface area contributed by atoms with E-state index in [0.717, 1.165) is 69.3 Å². The minimum Gasteiger partial charge on any atom is -0.507 e. The number of phenolic OH excluding ortho intramolecular Hbond substituents is 1. The first-order valence-corrected chi connectivity index (χ1v) is 18.1. The first-order valence-electron chi connectivity index (χ1n) is 18.1. The number of nitrogens with zero attached hydrogens (tertiary/aromatic N) is 6. The molecule has 1 saturated carbocycles. The van der Waals surface area contributed by atoms with Crippen LogP contribution in [0.4, 0.5) is 15.9 Å². The van der Waals surface area contributed by atoms with Gasteiger partial charge in [0.1, 0.15) is 30.6 Å². The zero-order valence-electron chi connectivity index (χ0n) is 29.0. The van der Waals surface area contributed by atoms with Crippen LogP contribution in [-0.4, -0.2) is 93.0 Å².